The Bertz CT molecular complexity index is 493. The lowest BCUT2D eigenvalue weighted by Gasteiger charge is -2.09. The fourth-order valence-electron chi connectivity index (χ4n) is 1.22. The fourth-order valence-corrected chi connectivity index (χ4v) is 1.66. The molecule has 0 aromatic heterocycles. The summed E-state index contributed by atoms with van der Waals surface area (Å²) in [6.07, 6.45) is -0.703. The molecule has 0 aliphatic carbocycles. The van der Waals surface area contributed by atoms with Gasteiger partial charge >= 0.3 is 12.1 Å². The lowest BCUT2D eigenvalue weighted by molar-refractivity contribution is 0.158. The van der Waals surface area contributed by atoms with Crippen LogP contribution in [0.25, 0.3) is 0 Å². The maximum atomic E-state index is 11.5. The van der Waals surface area contributed by atoms with E-state index in [1.165, 1.54) is 0 Å². The molecule has 8 heteroatoms. The van der Waals surface area contributed by atoms with Gasteiger partial charge in [0.05, 0.1) is 6.61 Å². The van der Waals surface area contributed by atoms with Gasteiger partial charge in [-0.15, -0.1) is 0 Å². The van der Waals surface area contributed by atoms with Gasteiger partial charge in [-0.25, -0.2) is 9.59 Å². The molecule has 0 unspecified atom stereocenters. The van der Waals surface area contributed by atoms with Crippen molar-refractivity contribution in [3.8, 4) is 0 Å². The maximum absolute atomic E-state index is 11.5. The van der Waals surface area contributed by atoms with Gasteiger partial charge in [0.1, 0.15) is 0 Å². The standard InChI is InChI=1S/C12H14BrN3O3S/c1-2-19-12(18)16-11(20)15-10(17)14-7-8-3-5-9(13)6-4-8/h3-6H,2,7H2,1H3,(H3,14,15,16,17,18,20). The molecule has 0 aliphatic heterocycles. The summed E-state index contributed by atoms with van der Waals surface area (Å²) in [6.45, 7) is 2.24. The van der Waals surface area contributed by atoms with E-state index in [2.05, 4.69) is 36.6 Å². The molecule has 1 rings (SSSR count). The van der Waals surface area contributed by atoms with Gasteiger partial charge in [-0.3, -0.25) is 10.6 Å². The summed E-state index contributed by atoms with van der Waals surface area (Å²) in [6, 6.07) is 7.00. The molecule has 1 aromatic rings. The van der Waals surface area contributed by atoms with Crippen LogP contribution in [0.1, 0.15) is 12.5 Å². The van der Waals surface area contributed by atoms with Gasteiger partial charge < -0.3 is 10.1 Å². The van der Waals surface area contributed by atoms with Crippen molar-refractivity contribution in [2.75, 3.05) is 6.61 Å². The normalized spacial score (nSPS) is 9.50. The molecule has 0 saturated carbocycles. The number of ether oxygens (including phenoxy) is 1. The first-order valence-corrected chi connectivity index (χ1v) is 6.98. The van der Waals surface area contributed by atoms with Gasteiger partial charge in [0.2, 0.25) is 0 Å². The Kier molecular flexibility index (Phi) is 6.96. The van der Waals surface area contributed by atoms with E-state index in [1.807, 2.05) is 24.3 Å². The predicted molar refractivity (Wildman–Crippen MR) is 82.3 cm³/mol. The van der Waals surface area contributed by atoms with Crippen molar-refractivity contribution in [3.63, 3.8) is 0 Å². The van der Waals surface area contributed by atoms with Crippen LogP contribution in [-0.4, -0.2) is 23.8 Å². The molecule has 0 bridgehead atoms. The lowest BCUT2D eigenvalue weighted by atomic mass is 10.2. The van der Waals surface area contributed by atoms with Crippen LogP contribution in [0.4, 0.5) is 9.59 Å². The summed E-state index contributed by atoms with van der Waals surface area (Å²) < 4.78 is 5.58. The first-order valence-electron chi connectivity index (χ1n) is 5.78. The number of thiocarbonyl (C=S) groups is 1. The number of benzene rings is 1. The van der Waals surface area contributed by atoms with Gasteiger partial charge in [0, 0.05) is 11.0 Å². The molecule has 20 heavy (non-hydrogen) atoms. The van der Waals surface area contributed by atoms with E-state index in [-0.39, 0.29) is 11.7 Å². The highest BCUT2D eigenvalue weighted by Gasteiger charge is 2.07. The third-order valence-corrected chi connectivity index (χ3v) is 2.82. The third kappa shape index (κ3) is 6.48. The number of carbonyl (C=O) groups excluding carboxylic acids is 2. The van der Waals surface area contributed by atoms with Crippen molar-refractivity contribution in [2.24, 2.45) is 0 Å². The molecule has 0 heterocycles. The SMILES string of the molecule is CCOC(=O)NC(=S)NC(=O)NCc1ccc(Br)cc1. The van der Waals surface area contributed by atoms with Crippen molar-refractivity contribution in [1.82, 2.24) is 16.0 Å². The minimum Gasteiger partial charge on any atom is -0.450 e. The van der Waals surface area contributed by atoms with Crippen molar-refractivity contribution in [2.45, 2.75) is 13.5 Å². The number of alkyl carbamates (subject to hydrolysis) is 1. The number of hydrogen-bond donors (Lipinski definition) is 3. The molecule has 0 fully saturated rings. The van der Waals surface area contributed by atoms with E-state index in [4.69, 9.17) is 12.2 Å². The Hall–Kier alpha value is -1.67. The van der Waals surface area contributed by atoms with Gasteiger partial charge in [-0.1, -0.05) is 28.1 Å². The van der Waals surface area contributed by atoms with Crippen molar-refractivity contribution in [1.29, 1.82) is 0 Å². The van der Waals surface area contributed by atoms with Crippen LogP contribution in [0, 0.1) is 0 Å². The zero-order valence-corrected chi connectivity index (χ0v) is 13.1. The van der Waals surface area contributed by atoms with Crippen LogP contribution < -0.4 is 16.0 Å². The Morgan fingerprint density at radius 2 is 1.90 bits per heavy atom. The average Bonchev–Trinajstić information content (AvgIpc) is 2.38. The smallest absolute Gasteiger partial charge is 0.413 e. The van der Waals surface area contributed by atoms with Crippen LogP contribution >= 0.6 is 28.1 Å². The molecule has 108 valence electrons. The van der Waals surface area contributed by atoms with Gasteiger partial charge in [0.15, 0.2) is 5.11 Å². The lowest BCUT2D eigenvalue weighted by Crippen LogP contribution is -2.46. The summed E-state index contributed by atoms with van der Waals surface area (Å²) in [5.74, 6) is 0. The predicted octanol–water partition coefficient (Wildman–Crippen LogP) is 2.28. The first kappa shape index (κ1) is 16.4. The molecule has 1 aromatic carbocycles. The fraction of sp³-hybridized carbons (Fsp3) is 0.250. The van der Waals surface area contributed by atoms with Crippen LogP contribution in [0.3, 0.4) is 0 Å². The highest BCUT2D eigenvalue weighted by molar-refractivity contribution is 9.10. The Morgan fingerprint density at radius 3 is 2.50 bits per heavy atom. The number of hydrogen-bond acceptors (Lipinski definition) is 4. The van der Waals surface area contributed by atoms with Crippen molar-refractivity contribution in [3.05, 3.63) is 34.3 Å². The number of rotatable bonds is 3. The summed E-state index contributed by atoms with van der Waals surface area (Å²) in [5.41, 5.74) is 0.938. The molecule has 0 aliphatic rings. The summed E-state index contributed by atoms with van der Waals surface area (Å²) in [7, 11) is 0. The van der Waals surface area contributed by atoms with E-state index in [0.29, 0.717) is 6.54 Å². The van der Waals surface area contributed by atoms with Crippen LogP contribution in [0.2, 0.25) is 0 Å². The molecule has 0 spiro atoms. The number of nitrogens with one attached hydrogen (secondary N) is 3. The second-order valence-corrected chi connectivity index (χ2v) is 4.93. The van der Waals surface area contributed by atoms with Gasteiger partial charge in [0.25, 0.3) is 0 Å². The molecule has 0 atom stereocenters. The minimum atomic E-state index is -0.703. The van der Waals surface area contributed by atoms with Crippen molar-refractivity contribution >= 4 is 45.4 Å². The summed E-state index contributed by atoms with van der Waals surface area (Å²) in [4.78, 5) is 22.6. The maximum Gasteiger partial charge on any atom is 0.413 e. The second kappa shape index (κ2) is 8.49. The Morgan fingerprint density at radius 1 is 1.25 bits per heavy atom. The molecule has 3 amide bonds. The average molecular weight is 360 g/mol. The number of halogens is 1. The largest absolute Gasteiger partial charge is 0.450 e. The first-order chi connectivity index (χ1) is 9.51. The van der Waals surface area contributed by atoms with E-state index in [0.717, 1.165) is 10.0 Å². The molecular weight excluding hydrogens is 346 g/mol. The minimum absolute atomic E-state index is 0.114. The van der Waals surface area contributed by atoms with Crippen LogP contribution in [0.5, 0.6) is 0 Å². The Balaban J connectivity index is 2.31. The summed E-state index contributed by atoms with van der Waals surface area (Å²) >= 11 is 8.10. The number of carbonyl (C=O) groups is 2. The van der Waals surface area contributed by atoms with Gasteiger partial charge in [-0.2, -0.15) is 0 Å². The zero-order valence-electron chi connectivity index (χ0n) is 10.7. The highest BCUT2D eigenvalue weighted by Crippen LogP contribution is 2.09. The second-order valence-electron chi connectivity index (χ2n) is 3.61. The molecule has 3 N–H and O–H groups in total. The topological polar surface area (TPSA) is 79.5 Å². The van der Waals surface area contributed by atoms with Gasteiger partial charge in [-0.05, 0) is 36.8 Å². The summed E-state index contributed by atoms with van der Waals surface area (Å²) in [5, 5.41) is 7.02. The van der Waals surface area contributed by atoms with E-state index in [1.54, 1.807) is 6.92 Å². The molecule has 0 radical (unpaired) electrons. The van der Waals surface area contributed by atoms with Crippen LogP contribution in [-0.2, 0) is 11.3 Å². The zero-order chi connectivity index (χ0) is 15.0. The van der Waals surface area contributed by atoms with Crippen molar-refractivity contribution < 1.29 is 14.3 Å². The molecule has 6 nitrogen and oxygen atoms in total. The number of urea groups is 1. The highest BCUT2D eigenvalue weighted by atomic mass is 79.9. The Labute approximate surface area is 130 Å². The molecular formula is C12H14BrN3O3S. The monoisotopic (exact) mass is 359 g/mol. The molecule has 0 saturated heterocycles. The van der Waals surface area contributed by atoms with Crippen LogP contribution in [0.15, 0.2) is 28.7 Å². The number of amides is 3. The third-order valence-electron chi connectivity index (χ3n) is 2.08. The van der Waals surface area contributed by atoms with E-state index >= 15 is 0 Å². The van der Waals surface area contributed by atoms with E-state index < -0.39 is 12.1 Å². The quantitative estimate of drug-likeness (QED) is 0.723. The van der Waals surface area contributed by atoms with E-state index in [9.17, 15) is 9.59 Å².